The van der Waals surface area contributed by atoms with E-state index >= 15 is 0 Å². The van der Waals surface area contributed by atoms with Crippen LogP contribution in [0.3, 0.4) is 0 Å². The number of para-hydroxylation sites is 1. The number of aromatic hydroxyl groups is 1. The monoisotopic (exact) mass is 355 g/mol. The van der Waals surface area contributed by atoms with E-state index in [1.54, 1.807) is 24.1 Å². The third-order valence-electron chi connectivity index (χ3n) is 4.64. The highest BCUT2D eigenvalue weighted by Gasteiger charge is 2.23. The molecule has 1 aliphatic rings. The topological polar surface area (TPSA) is 59.0 Å². The van der Waals surface area contributed by atoms with Crippen LogP contribution in [0.25, 0.3) is 0 Å². The Balaban J connectivity index is 1.74. The predicted molar refractivity (Wildman–Crippen MR) is 99.2 cm³/mol. The molecule has 0 aliphatic carbocycles. The summed E-state index contributed by atoms with van der Waals surface area (Å²) in [5, 5.41) is 10.1. The average Bonchev–Trinajstić information content (AvgIpc) is 3.16. The summed E-state index contributed by atoms with van der Waals surface area (Å²) in [6, 6.07) is 14.7. The Labute approximate surface area is 154 Å². The van der Waals surface area contributed by atoms with Crippen LogP contribution in [-0.2, 0) is 22.5 Å². The fourth-order valence-electron chi connectivity index (χ4n) is 3.21. The van der Waals surface area contributed by atoms with Gasteiger partial charge in [0.15, 0.2) is 0 Å². The van der Waals surface area contributed by atoms with Gasteiger partial charge in [0.25, 0.3) is 0 Å². The van der Waals surface area contributed by atoms with Crippen molar-refractivity contribution in [2.75, 3.05) is 20.3 Å². The van der Waals surface area contributed by atoms with Crippen LogP contribution in [0.15, 0.2) is 48.5 Å². The first kappa shape index (κ1) is 18.3. The Morgan fingerprint density at radius 2 is 2.12 bits per heavy atom. The number of hydrogen-bond acceptors (Lipinski definition) is 4. The molecule has 2 aromatic carbocycles. The maximum Gasteiger partial charge on any atom is 0.227 e. The summed E-state index contributed by atoms with van der Waals surface area (Å²) in [4.78, 5) is 14.7. The lowest BCUT2D eigenvalue weighted by Gasteiger charge is -2.26. The van der Waals surface area contributed by atoms with Crippen LogP contribution in [-0.4, -0.2) is 42.3 Å². The third kappa shape index (κ3) is 4.76. The number of benzene rings is 2. The van der Waals surface area contributed by atoms with Crippen LogP contribution in [0.5, 0.6) is 11.5 Å². The molecule has 5 nitrogen and oxygen atoms in total. The zero-order chi connectivity index (χ0) is 18.4. The van der Waals surface area contributed by atoms with E-state index in [0.717, 1.165) is 36.3 Å². The molecule has 1 heterocycles. The van der Waals surface area contributed by atoms with Gasteiger partial charge < -0.3 is 19.5 Å². The normalized spacial score (nSPS) is 16.4. The van der Waals surface area contributed by atoms with Gasteiger partial charge in [0.2, 0.25) is 5.91 Å². The molecule has 0 radical (unpaired) electrons. The molecule has 1 atom stereocenters. The van der Waals surface area contributed by atoms with Crippen molar-refractivity contribution < 1.29 is 19.4 Å². The van der Waals surface area contributed by atoms with Crippen molar-refractivity contribution in [2.24, 2.45) is 0 Å². The van der Waals surface area contributed by atoms with Crippen LogP contribution in [0.2, 0.25) is 0 Å². The number of carbonyl (C=O) groups is 1. The Morgan fingerprint density at radius 1 is 1.27 bits per heavy atom. The number of rotatable bonds is 7. The highest BCUT2D eigenvalue weighted by atomic mass is 16.5. The van der Waals surface area contributed by atoms with Gasteiger partial charge in [-0.3, -0.25) is 4.79 Å². The molecular formula is C21H25NO4. The fourth-order valence-corrected chi connectivity index (χ4v) is 3.21. The molecule has 3 rings (SSSR count). The molecule has 1 saturated heterocycles. The van der Waals surface area contributed by atoms with Crippen molar-refractivity contribution in [1.82, 2.24) is 4.90 Å². The summed E-state index contributed by atoms with van der Waals surface area (Å²) >= 11 is 0. The SMILES string of the molecule is COc1cccc(CC(=O)N(Cc2ccccc2O)CC2CCCO2)c1. The molecule has 1 amide bonds. The second kappa shape index (κ2) is 8.72. The first-order chi connectivity index (χ1) is 12.7. The van der Waals surface area contributed by atoms with Gasteiger partial charge in [-0.1, -0.05) is 30.3 Å². The Kier molecular flexibility index (Phi) is 6.12. The zero-order valence-corrected chi connectivity index (χ0v) is 15.1. The largest absolute Gasteiger partial charge is 0.508 e. The van der Waals surface area contributed by atoms with Gasteiger partial charge in [-0.05, 0) is 36.6 Å². The van der Waals surface area contributed by atoms with Gasteiger partial charge in [0, 0.05) is 25.3 Å². The van der Waals surface area contributed by atoms with E-state index in [1.165, 1.54) is 0 Å². The maximum absolute atomic E-state index is 13.0. The molecule has 1 N–H and O–H groups in total. The summed E-state index contributed by atoms with van der Waals surface area (Å²) in [5.74, 6) is 0.956. The molecule has 1 fully saturated rings. The molecule has 0 bridgehead atoms. The molecular weight excluding hydrogens is 330 g/mol. The zero-order valence-electron chi connectivity index (χ0n) is 15.1. The Morgan fingerprint density at radius 3 is 2.85 bits per heavy atom. The van der Waals surface area contributed by atoms with Gasteiger partial charge in [-0.15, -0.1) is 0 Å². The lowest BCUT2D eigenvalue weighted by molar-refractivity contribution is -0.132. The highest BCUT2D eigenvalue weighted by molar-refractivity contribution is 5.79. The molecule has 1 aliphatic heterocycles. The lowest BCUT2D eigenvalue weighted by atomic mass is 10.1. The fraction of sp³-hybridized carbons (Fsp3) is 0.381. The van der Waals surface area contributed by atoms with Crippen LogP contribution < -0.4 is 4.74 Å². The van der Waals surface area contributed by atoms with Crippen molar-refractivity contribution in [3.8, 4) is 11.5 Å². The number of carbonyl (C=O) groups excluding carboxylic acids is 1. The van der Waals surface area contributed by atoms with E-state index in [4.69, 9.17) is 9.47 Å². The van der Waals surface area contributed by atoms with Crippen molar-refractivity contribution in [3.05, 3.63) is 59.7 Å². The molecule has 26 heavy (non-hydrogen) atoms. The first-order valence-electron chi connectivity index (χ1n) is 8.95. The molecule has 0 spiro atoms. The van der Waals surface area contributed by atoms with Gasteiger partial charge in [0.05, 0.1) is 19.6 Å². The van der Waals surface area contributed by atoms with Gasteiger partial charge >= 0.3 is 0 Å². The molecule has 0 saturated carbocycles. The Hall–Kier alpha value is -2.53. The minimum absolute atomic E-state index is 0.0111. The molecule has 5 heteroatoms. The summed E-state index contributed by atoms with van der Waals surface area (Å²) < 4.78 is 10.9. The van der Waals surface area contributed by atoms with Crippen molar-refractivity contribution in [1.29, 1.82) is 0 Å². The van der Waals surface area contributed by atoms with Crippen molar-refractivity contribution in [2.45, 2.75) is 31.9 Å². The number of nitrogens with zero attached hydrogens (tertiary/aromatic N) is 1. The summed E-state index contributed by atoms with van der Waals surface area (Å²) in [7, 11) is 1.61. The van der Waals surface area contributed by atoms with Crippen LogP contribution in [0.4, 0.5) is 0 Å². The smallest absolute Gasteiger partial charge is 0.227 e. The van der Waals surface area contributed by atoms with Gasteiger partial charge in [0.1, 0.15) is 11.5 Å². The molecule has 2 aromatic rings. The maximum atomic E-state index is 13.0. The third-order valence-corrected chi connectivity index (χ3v) is 4.64. The average molecular weight is 355 g/mol. The Bertz CT molecular complexity index is 740. The molecule has 1 unspecified atom stereocenters. The summed E-state index contributed by atoms with van der Waals surface area (Å²) in [5.41, 5.74) is 1.65. The standard InChI is InChI=1S/C21H25NO4/c1-25-18-8-4-6-16(12-18)13-21(24)22(15-19-9-5-11-26-19)14-17-7-2-3-10-20(17)23/h2-4,6-8,10,12,19,23H,5,9,11,13-15H2,1H3. The van der Waals surface area contributed by atoms with E-state index < -0.39 is 0 Å². The minimum atomic E-state index is 0.0111. The van der Waals surface area contributed by atoms with E-state index in [9.17, 15) is 9.90 Å². The van der Waals surface area contributed by atoms with E-state index in [1.807, 2.05) is 36.4 Å². The second-order valence-electron chi connectivity index (χ2n) is 6.57. The van der Waals surface area contributed by atoms with Crippen molar-refractivity contribution >= 4 is 5.91 Å². The first-order valence-corrected chi connectivity index (χ1v) is 8.95. The van der Waals surface area contributed by atoms with Gasteiger partial charge in [-0.2, -0.15) is 0 Å². The van der Waals surface area contributed by atoms with E-state index in [0.29, 0.717) is 13.1 Å². The number of methoxy groups -OCH3 is 1. The van der Waals surface area contributed by atoms with Crippen LogP contribution in [0, 0.1) is 0 Å². The molecule has 138 valence electrons. The summed E-state index contributed by atoms with van der Waals surface area (Å²) in [6.07, 6.45) is 2.34. The van der Waals surface area contributed by atoms with E-state index in [2.05, 4.69) is 0 Å². The quantitative estimate of drug-likeness (QED) is 0.829. The van der Waals surface area contributed by atoms with E-state index in [-0.39, 0.29) is 24.2 Å². The summed E-state index contributed by atoms with van der Waals surface area (Å²) in [6.45, 7) is 1.66. The number of phenolic OH excluding ortho intramolecular Hbond substituents is 1. The number of hydrogen-bond donors (Lipinski definition) is 1. The lowest BCUT2D eigenvalue weighted by Crippen LogP contribution is -2.37. The van der Waals surface area contributed by atoms with Crippen molar-refractivity contribution in [3.63, 3.8) is 0 Å². The second-order valence-corrected chi connectivity index (χ2v) is 6.57. The predicted octanol–water partition coefficient (Wildman–Crippen LogP) is 3.15. The van der Waals surface area contributed by atoms with Gasteiger partial charge in [-0.25, -0.2) is 0 Å². The number of phenols is 1. The van der Waals surface area contributed by atoms with Crippen LogP contribution in [0.1, 0.15) is 24.0 Å². The van der Waals surface area contributed by atoms with Crippen LogP contribution >= 0.6 is 0 Å². The minimum Gasteiger partial charge on any atom is -0.508 e. The number of amides is 1. The molecule has 0 aromatic heterocycles. The highest BCUT2D eigenvalue weighted by Crippen LogP contribution is 2.21. The number of ether oxygens (including phenoxy) is 2.